The van der Waals surface area contributed by atoms with Crippen molar-refractivity contribution in [2.75, 3.05) is 13.2 Å². The topological polar surface area (TPSA) is 78.9 Å². The molecule has 0 aliphatic carbocycles. The molecular formula is C66H116O6. The van der Waals surface area contributed by atoms with Crippen LogP contribution in [0.4, 0.5) is 0 Å². The molecule has 0 radical (unpaired) electrons. The molecule has 0 aromatic rings. The van der Waals surface area contributed by atoms with E-state index < -0.39 is 6.10 Å². The highest BCUT2D eigenvalue weighted by Gasteiger charge is 2.19. The first-order chi connectivity index (χ1) is 35.5. The van der Waals surface area contributed by atoms with Gasteiger partial charge < -0.3 is 14.2 Å². The summed E-state index contributed by atoms with van der Waals surface area (Å²) in [4.78, 5) is 37.9. The maximum absolute atomic E-state index is 12.7. The third kappa shape index (κ3) is 57.7. The van der Waals surface area contributed by atoms with Crippen LogP contribution in [0.2, 0.25) is 0 Å². The lowest BCUT2D eigenvalue weighted by Crippen LogP contribution is -2.30. The zero-order valence-electron chi connectivity index (χ0n) is 47.7. The van der Waals surface area contributed by atoms with Crippen molar-refractivity contribution in [1.29, 1.82) is 0 Å². The molecular weight excluding hydrogens is 889 g/mol. The minimum Gasteiger partial charge on any atom is -0.462 e. The van der Waals surface area contributed by atoms with Gasteiger partial charge in [-0.25, -0.2) is 0 Å². The Bertz CT molecular complexity index is 1340. The van der Waals surface area contributed by atoms with E-state index in [0.717, 1.165) is 70.6 Å². The molecule has 0 amide bonds. The fraction of sp³-hybridized carbons (Fsp3) is 0.773. The van der Waals surface area contributed by atoms with Crippen LogP contribution in [0, 0.1) is 0 Å². The first-order valence-electron chi connectivity index (χ1n) is 30.9. The van der Waals surface area contributed by atoms with E-state index in [9.17, 15) is 14.4 Å². The van der Waals surface area contributed by atoms with E-state index in [2.05, 4.69) is 81.5 Å². The third-order valence-corrected chi connectivity index (χ3v) is 13.5. The van der Waals surface area contributed by atoms with Crippen molar-refractivity contribution in [3.8, 4) is 0 Å². The molecule has 0 aliphatic heterocycles. The monoisotopic (exact) mass is 1000 g/mol. The van der Waals surface area contributed by atoms with Crippen LogP contribution in [0.15, 0.2) is 72.9 Å². The Morgan fingerprint density at radius 3 is 0.903 bits per heavy atom. The molecule has 6 heteroatoms. The van der Waals surface area contributed by atoms with Gasteiger partial charge in [0.2, 0.25) is 0 Å². The van der Waals surface area contributed by atoms with Crippen molar-refractivity contribution in [3.63, 3.8) is 0 Å². The van der Waals surface area contributed by atoms with E-state index in [1.54, 1.807) is 0 Å². The normalized spacial score (nSPS) is 12.5. The molecule has 1 atom stereocenters. The predicted octanol–water partition coefficient (Wildman–Crippen LogP) is 20.9. The Kier molecular flexibility index (Phi) is 57.8. The summed E-state index contributed by atoms with van der Waals surface area (Å²) >= 11 is 0. The molecule has 0 saturated heterocycles. The van der Waals surface area contributed by atoms with E-state index in [4.69, 9.17) is 14.2 Å². The summed E-state index contributed by atoms with van der Waals surface area (Å²) in [7, 11) is 0. The van der Waals surface area contributed by atoms with E-state index in [1.165, 1.54) is 193 Å². The Hall–Kier alpha value is -3.15. The van der Waals surface area contributed by atoms with Gasteiger partial charge in [0.25, 0.3) is 0 Å². The zero-order valence-corrected chi connectivity index (χ0v) is 47.7. The van der Waals surface area contributed by atoms with E-state index >= 15 is 0 Å². The highest BCUT2D eigenvalue weighted by atomic mass is 16.6. The van der Waals surface area contributed by atoms with Crippen LogP contribution in [0.1, 0.15) is 310 Å². The second kappa shape index (κ2) is 60.4. The second-order valence-corrected chi connectivity index (χ2v) is 20.6. The van der Waals surface area contributed by atoms with Crippen LogP contribution in [-0.2, 0) is 28.6 Å². The first kappa shape index (κ1) is 68.8. The quantitative estimate of drug-likeness (QED) is 0.0261. The number of carbonyl (C=O) groups excluding carboxylic acids is 3. The number of carbonyl (C=O) groups is 3. The summed E-state index contributed by atoms with van der Waals surface area (Å²) in [6.45, 7) is 6.44. The Balaban J connectivity index is 4.01. The molecule has 0 saturated carbocycles. The molecule has 6 nitrogen and oxygen atoms in total. The fourth-order valence-electron chi connectivity index (χ4n) is 8.84. The molecule has 0 rings (SSSR count). The SMILES string of the molecule is CC/C=C\C/C=C\C/C=C\C/C=C\CCC(=O)OC(COC(=O)CCCCCCCCCC)COC(=O)CCCCCCCCCCCCCCCCCCCCCCC/C=C\C/C=C\CCCCCCC. The fourth-order valence-corrected chi connectivity index (χ4v) is 8.84. The molecule has 0 heterocycles. The first-order valence-corrected chi connectivity index (χ1v) is 30.9. The van der Waals surface area contributed by atoms with Crippen LogP contribution in [0.25, 0.3) is 0 Å². The number of ether oxygens (including phenoxy) is 3. The Morgan fingerprint density at radius 1 is 0.292 bits per heavy atom. The molecule has 72 heavy (non-hydrogen) atoms. The van der Waals surface area contributed by atoms with Crippen LogP contribution < -0.4 is 0 Å². The molecule has 1 unspecified atom stereocenters. The second-order valence-electron chi connectivity index (χ2n) is 20.6. The minimum absolute atomic E-state index is 0.100. The van der Waals surface area contributed by atoms with Crippen molar-refractivity contribution in [2.45, 2.75) is 316 Å². The average molecular weight is 1010 g/mol. The van der Waals surface area contributed by atoms with Gasteiger partial charge in [-0.15, -0.1) is 0 Å². The number of esters is 3. The van der Waals surface area contributed by atoms with Crippen LogP contribution in [0.3, 0.4) is 0 Å². The van der Waals surface area contributed by atoms with Gasteiger partial charge >= 0.3 is 17.9 Å². The van der Waals surface area contributed by atoms with Gasteiger partial charge in [-0.3, -0.25) is 14.4 Å². The van der Waals surface area contributed by atoms with E-state index in [-0.39, 0.29) is 37.5 Å². The third-order valence-electron chi connectivity index (χ3n) is 13.5. The minimum atomic E-state index is -0.808. The van der Waals surface area contributed by atoms with E-state index in [0.29, 0.717) is 19.3 Å². The molecule has 0 N–H and O–H groups in total. The Labute approximate surface area is 446 Å². The van der Waals surface area contributed by atoms with Crippen LogP contribution in [-0.4, -0.2) is 37.2 Å². The lowest BCUT2D eigenvalue weighted by molar-refractivity contribution is -0.166. The number of hydrogen-bond acceptors (Lipinski definition) is 6. The molecule has 0 aromatic heterocycles. The largest absolute Gasteiger partial charge is 0.462 e. The van der Waals surface area contributed by atoms with Crippen LogP contribution in [0.5, 0.6) is 0 Å². The van der Waals surface area contributed by atoms with Crippen LogP contribution >= 0.6 is 0 Å². The summed E-state index contributed by atoms with van der Waals surface area (Å²) < 4.78 is 16.7. The lowest BCUT2D eigenvalue weighted by Gasteiger charge is -2.18. The zero-order chi connectivity index (χ0) is 52.2. The number of unbranched alkanes of at least 4 members (excludes halogenated alkanes) is 33. The van der Waals surface area contributed by atoms with Gasteiger partial charge in [-0.05, 0) is 77.0 Å². The van der Waals surface area contributed by atoms with Crippen molar-refractivity contribution in [3.05, 3.63) is 72.9 Å². The summed E-state index contributed by atoms with van der Waals surface area (Å²) in [6.07, 6.45) is 78.3. The summed E-state index contributed by atoms with van der Waals surface area (Å²) in [5, 5.41) is 0. The number of rotatable bonds is 56. The van der Waals surface area contributed by atoms with E-state index in [1.807, 2.05) is 12.2 Å². The van der Waals surface area contributed by atoms with Gasteiger partial charge in [0, 0.05) is 19.3 Å². The summed E-state index contributed by atoms with van der Waals surface area (Å²) in [5.41, 5.74) is 0. The molecule has 0 fully saturated rings. The van der Waals surface area contributed by atoms with Gasteiger partial charge in [0.15, 0.2) is 6.10 Å². The molecule has 0 aromatic carbocycles. The highest BCUT2D eigenvalue weighted by molar-refractivity contribution is 5.71. The maximum atomic E-state index is 12.7. The standard InChI is InChI=1S/C66H116O6/c1-4-7-10-13-16-19-21-23-24-25-26-27-28-29-30-31-32-33-34-35-36-37-38-39-40-41-42-44-45-47-50-53-56-59-65(68)71-62-63(61-70-64(67)58-55-52-49-18-15-12-9-6-3)72-66(69)60-57-54-51-48-46-43-22-20-17-14-11-8-5-2/h8,11,17,20-21,23,25-26,43,46,51,54,63H,4-7,9-10,12-16,18-19,22,24,27-42,44-45,47-50,52-53,55-62H2,1-3H3/b11-8-,20-17-,23-21-,26-25-,46-43-,54-51-. The summed E-state index contributed by atoms with van der Waals surface area (Å²) in [6, 6.07) is 0. The van der Waals surface area contributed by atoms with Gasteiger partial charge in [0.05, 0.1) is 0 Å². The number of allylic oxidation sites excluding steroid dienone is 12. The van der Waals surface area contributed by atoms with Crippen molar-refractivity contribution in [2.24, 2.45) is 0 Å². The number of hydrogen-bond donors (Lipinski definition) is 0. The van der Waals surface area contributed by atoms with Crippen molar-refractivity contribution >= 4 is 17.9 Å². The van der Waals surface area contributed by atoms with Gasteiger partial charge in [-0.2, -0.15) is 0 Å². The van der Waals surface area contributed by atoms with Crippen molar-refractivity contribution in [1.82, 2.24) is 0 Å². The smallest absolute Gasteiger partial charge is 0.306 e. The average Bonchev–Trinajstić information content (AvgIpc) is 3.38. The highest BCUT2D eigenvalue weighted by Crippen LogP contribution is 2.17. The lowest BCUT2D eigenvalue weighted by atomic mass is 10.0. The maximum Gasteiger partial charge on any atom is 0.306 e. The summed E-state index contributed by atoms with van der Waals surface area (Å²) in [5.74, 6) is -0.978. The molecule has 0 aliphatic rings. The molecule has 416 valence electrons. The van der Waals surface area contributed by atoms with Crippen molar-refractivity contribution < 1.29 is 28.6 Å². The molecule has 0 bridgehead atoms. The Morgan fingerprint density at radius 2 is 0.569 bits per heavy atom. The molecule has 0 spiro atoms. The van der Waals surface area contributed by atoms with Gasteiger partial charge in [0.1, 0.15) is 13.2 Å². The predicted molar refractivity (Wildman–Crippen MR) is 311 cm³/mol. The van der Waals surface area contributed by atoms with Gasteiger partial charge in [-0.1, -0.05) is 286 Å².